The second-order valence-electron chi connectivity index (χ2n) is 12.4. The zero-order valence-electron chi connectivity index (χ0n) is 27.5. The van der Waals surface area contributed by atoms with Crippen molar-refractivity contribution in [2.24, 2.45) is 4.99 Å². The Morgan fingerprint density at radius 1 is 0.560 bits per heavy atom. The zero-order chi connectivity index (χ0) is 33.6. The summed E-state index contributed by atoms with van der Waals surface area (Å²) in [6.07, 6.45) is 3.71. The van der Waals surface area contributed by atoms with E-state index in [9.17, 15) is 0 Å². The lowest BCUT2D eigenvalue weighted by atomic mass is 10.0. The van der Waals surface area contributed by atoms with E-state index in [1.807, 2.05) is 42.7 Å². The van der Waals surface area contributed by atoms with Crippen LogP contribution in [0.2, 0.25) is 0 Å². The summed E-state index contributed by atoms with van der Waals surface area (Å²) in [5.41, 5.74) is 11.4. The molecule has 0 aliphatic carbocycles. The molecule has 0 unspecified atom stereocenters. The minimum Gasteiger partial charge on any atom is -0.456 e. The maximum absolute atomic E-state index is 6.09. The van der Waals surface area contributed by atoms with Gasteiger partial charge in [-0.3, -0.25) is 4.99 Å². The lowest BCUT2D eigenvalue weighted by Gasteiger charge is -2.27. The first-order valence-electron chi connectivity index (χ1n) is 16.8. The molecule has 7 aromatic carbocycles. The van der Waals surface area contributed by atoms with Crippen molar-refractivity contribution in [2.75, 3.05) is 4.90 Å². The molecule has 9 rings (SSSR count). The monoisotopic (exact) mass is 660 g/mol. The summed E-state index contributed by atoms with van der Waals surface area (Å²) in [7, 11) is 0. The SMILES string of the molecule is C=Cc1cccc(N(c2ccc(-c3ccc4oc5ccccc5c4c3)cc2)c2ccc(-c3ccc4sc5ccccc5c4c3)cc2)c1N=CC. The van der Waals surface area contributed by atoms with Crippen molar-refractivity contribution < 1.29 is 4.42 Å². The Morgan fingerprint density at radius 2 is 1.16 bits per heavy atom. The van der Waals surface area contributed by atoms with Gasteiger partial charge in [0.15, 0.2) is 0 Å². The summed E-state index contributed by atoms with van der Waals surface area (Å²) >= 11 is 1.85. The molecule has 0 atom stereocenters. The van der Waals surface area contributed by atoms with Gasteiger partial charge < -0.3 is 9.32 Å². The van der Waals surface area contributed by atoms with E-state index >= 15 is 0 Å². The lowest BCUT2D eigenvalue weighted by Crippen LogP contribution is -2.10. The number of aliphatic imine (C=N–C) groups is 1. The number of thiophene rings is 1. The standard InChI is InChI=1S/C46H32N2OS/c1-3-30-10-9-13-41(46(30)47-4-2)48(35-22-16-31(17-23-35)33-20-26-43-39(28-33)37-11-5-7-14-42(37)49-43)36-24-18-32(19-25-36)34-21-27-45-40(29-34)38-12-6-8-15-44(38)50-45/h3-29H,1H2,2H3. The van der Waals surface area contributed by atoms with Gasteiger partial charge in [0.1, 0.15) is 11.2 Å². The lowest BCUT2D eigenvalue weighted by molar-refractivity contribution is 0.669. The maximum Gasteiger partial charge on any atom is 0.135 e. The van der Waals surface area contributed by atoms with Crippen LogP contribution in [0.4, 0.5) is 22.7 Å². The Bertz CT molecular complexity index is 2570. The van der Waals surface area contributed by atoms with Gasteiger partial charge >= 0.3 is 0 Å². The molecule has 0 aliphatic heterocycles. The van der Waals surface area contributed by atoms with Crippen LogP contribution < -0.4 is 4.90 Å². The van der Waals surface area contributed by atoms with Crippen LogP contribution in [-0.2, 0) is 0 Å². The largest absolute Gasteiger partial charge is 0.456 e. The van der Waals surface area contributed by atoms with Crippen molar-refractivity contribution >= 4 is 88.5 Å². The zero-order valence-corrected chi connectivity index (χ0v) is 28.3. The quantitative estimate of drug-likeness (QED) is 0.159. The second-order valence-corrected chi connectivity index (χ2v) is 13.4. The molecule has 2 aromatic heterocycles. The van der Waals surface area contributed by atoms with E-state index in [0.29, 0.717) is 0 Å². The van der Waals surface area contributed by atoms with Crippen LogP contribution in [0.15, 0.2) is 168 Å². The number of hydrogen-bond donors (Lipinski definition) is 0. The molecule has 0 fully saturated rings. The Labute approximate surface area is 294 Å². The van der Waals surface area contributed by atoms with E-state index < -0.39 is 0 Å². The van der Waals surface area contributed by atoms with Crippen molar-refractivity contribution in [3.8, 4) is 22.3 Å². The highest BCUT2D eigenvalue weighted by atomic mass is 32.1. The first-order valence-corrected chi connectivity index (χ1v) is 17.6. The molecule has 0 bridgehead atoms. The van der Waals surface area contributed by atoms with E-state index in [4.69, 9.17) is 9.41 Å². The van der Waals surface area contributed by atoms with Crippen LogP contribution in [0.25, 0.3) is 70.4 Å². The van der Waals surface area contributed by atoms with E-state index in [2.05, 4.69) is 151 Å². The summed E-state index contributed by atoms with van der Waals surface area (Å²) in [5.74, 6) is 0. The number of furan rings is 1. The highest BCUT2D eigenvalue weighted by molar-refractivity contribution is 7.25. The second kappa shape index (κ2) is 12.3. The van der Waals surface area contributed by atoms with Crippen LogP contribution in [0, 0.1) is 0 Å². The summed E-state index contributed by atoms with van der Waals surface area (Å²) < 4.78 is 8.72. The van der Waals surface area contributed by atoms with Gasteiger partial charge in [0, 0.05) is 54.1 Å². The number of para-hydroxylation sites is 2. The van der Waals surface area contributed by atoms with Gasteiger partial charge in [-0.15, -0.1) is 11.3 Å². The molecule has 238 valence electrons. The Kier molecular flexibility index (Phi) is 7.37. The predicted molar refractivity (Wildman–Crippen MR) is 216 cm³/mol. The van der Waals surface area contributed by atoms with Crippen molar-refractivity contribution in [2.45, 2.75) is 6.92 Å². The van der Waals surface area contributed by atoms with E-state index in [1.165, 1.54) is 31.3 Å². The number of hydrogen-bond acceptors (Lipinski definition) is 4. The molecule has 0 N–H and O–H groups in total. The molecule has 9 aromatic rings. The fourth-order valence-electron chi connectivity index (χ4n) is 7.01. The van der Waals surface area contributed by atoms with Crippen molar-refractivity contribution in [1.29, 1.82) is 0 Å². The molecule has 0 spiro atoms. The third kappa shape index (κ3) is 5.09. The molecule has 0 saturated carbocycles. The summed E-state index contributed by atoms with van der Waals surface area (Å²) in [4.78, 5) is 7.11. The summed E-state index contributed by atoms with van der Waals surface area (Å²) in [6, 6.07) is 54.0. The van der Waals surface area contributed by atoms with Gasteiger partial charge in [-0.05, 0) is 95.9 Å². The normalized spacial score (nSPS) is 11.7. The van der Waals surface area contributed by atoms with Crippen LogP contribution in [0.5, 0.6) is 0 Å². The number of nitrogens with zero attached hydrogens (tertiary/aromatic N) is 2. The Morgan fingerprint density at radius 3 is 1.88 bits per heavy atom. The molecule has 0 amide bonds. The average Bonchev–Trinajstić information content (AvgIpc) is 3.74. The predicted octanol–water partition coefficient (Wildman–Crippen LogP) is 14.1. The maximum atomic E-state index is 6.09. The van der Waals surface area contributed by atoms with Crippen molar-refractivity contribution in [3.63, 3.8) is 0 Å². The van der Waals surface area contributed by atoms with Gasteiger partial charge in [-0.2, -0.15) is 0 Å². The van der Waals surface area contributed by atoms with E-state index in [1.54, 1.807) is 0 Å². The molecular formula is C46H32N2OS. The number of fused-ring (bicyclic) bond motifs is 6. The number of benzene rings is 7. The smallest absolute Gasteiger partial charge is 0.135 e. The molecule has 3 nitrogen and oxygen atoms in total. The van der Waals surface area contributed by atoms with Crippen LogP contribution in [0.3, 0.4) is 0 Å². The molecular weight excluding hydrogens is 629 g/mol. The van der Waals surface area contributed by atoms with Gasteiger partial charge in [0.25, 0.3) is 0 Å². The fraction of sp³-hybridized carbons (Fsp3) is 0.0217. The highest BCUT2D eigenvalue weighted by Crippen LogP contribution is 2.44. The van der Waals surface area contributed by atoms with Crippen LogP contribution in [0.1, 0.15) is 12.5 Å². The molecule has 2 heterocycles. The third-order valence-corrected chi connectivity index (χ3v) is 10.6. The first kappa shape index (κ1) is 29.9. The minimum absolute atomic E-state index is 0.880. The average molecular weight is 661 g/mol. The van der Waals surface area contributed by atoms with Crippen LogP contribution in [-0.4, -0.2) is 6.21 Å². The minimum atomic E-state index is 0.880. The van der Waals surface area contributed by atoms with Gasteiger partial charge in [0.2, 0.25) is 0 Å². The summed E-state index contributed by atoms with van der Waals surface area (Å²) in [5, 5.41) is 4.87. The summed E-state index contributed by atoms with van der Waals surface area (Å²) in [6.45, 7) is 6.03. The van der Waals surface area contributed by atoms with E-state index in [0.717, 1.165) is 61.4 Å². The van der Waals surface area contributed by atoms with Gasteiger partial charge in [-0.1, -0.05) is 97.6 Å². The van der Waals surface area contributed by atoms with Gasteiger partial charge in [-0.25, -0.2) is 0 Å². The topological polar surface area (TPSA) is 28.7 Å². The Hall–Kier alpha value is -6.23. The number of rotatable bonds is 7. The van der Waals surface area contributed by atoms with E-state index in [-0.39, 0.29) is 0 Å². The first-order chi connectivity index (χ1) is 24.7. The van der Waals surface area contributed by atoms with Crippen molar-refractivity contribution in [3.05, 3.63) is 164 Å². The van der Waals surface area contributed by atoms with Gasteiger partial charge in [0.05, 0.1) is 11.4 Å². The highest BCUT2D eigenvalue weighted by Gasteiger charge is 2.18. The third-order valence-electron chi connectivity index (χ3n) is 9.44. The Balaban J connectivity index is 1.13. The van der Waals surface area contributed by atoms with Crippen molar-refractivity contribution in [1.82, 2.24) is 0 Å². The van der Waals surface area contributed by atoms with Crippen LogP contribution >= 0.6 is 11.3 Å². The molecule has 0 aliphatic rings. The number of anilines is 3. The molecule has 0 radical (unpaired) electrons. The molecule has 0 saturated heterocycles. The fourth-order valence-corrected chi connectivity index (χ4v) is 8.09. The molecule has 4 heteroatoms. The molecule has 50 heavy (non-hydrogen) atoms.